The lowest BCUT2D eigenvalue weighted by molar-refractivity contribution is 0.0625. The van der Waals surface area contributed by atoms with Crippen LogP contribution < -0.4 is 21.7 Å². The second-order valence-corrected chi connectivity index (χ2v) is 20.0. The lowest BCUT2D eigenvalue weighted by atomic mass is 10.1. The van der Waals surface area contributed by atoms with Crippen molar-refractivity contribution in [2.45, 2.75) is 195 Å². The highest BCUT2D eigenvalue weighted by atomic mass is 28.4. The highest BCUT2D eigenvalue weighted by Crippen LogP contribution is 2.27. The summed E-state index contributed by atoms with van der Waals surface area (Å²) in [7, 11) is -6.43. The maximum atomic E-state index is 6.46. The molecule has 1 heterocycles. The number of unbranched alkanes of at least 4 members (excludes halogenated alkanes) is 16. The molecule has 0 aliphatic carbocycles. The van der Waals surface area contributed by atoms with Crippen molar-refractivity contribution < 1.29 is 26.6 Å². The van der Waals surface area contributed by atoms with E-state index in [-0.39, 0.29) is 11.3 Å². The van der Waals surface area contributed by atoms with Gasteiger partial charge in [-0.3, -0.25) is 0 Å². The smallest absolute Gasteiger partial charge is 0.373 e. The van der Waals surface area contributed by atoms with Crippen LogP contribution in [0, 0.1) is 0 Å². The van der Waals surface area contributed by atoms with Crippen molar-refractivity contribution in [2.24, 2.45) is 5.73 Å². The van der Waals surface area contributed by atoms with Gasteiger partial charge in [0.2, 0.25) is 17.8 Å². The Balaban J connectivity index is 3.46. The van der Waals surface area contributed by atoms with Crippen molar-refractivity contribution in [3.8, 4) is 0 Å². The Hall–Kier alpha value is -1.44. The Labute approximate surface area is 345 Å². The summed E-state index contributed by atoms with van der Waals surface area (Å²) in [5.74, 6) is 1.25. The van der Waals surface area contributed by atoms with Gasteiger partial charge in [-0.1, -0.05) is 129 Å². The zero-order valence-electron chi connectivity index (χ0n) is 37.3. The minimum Gasteiger partial charge on any atom is -0.373 e. The van der Waals surface area contributed by atoms with Gasteiger partial charge >= 0.3 is 17.6 Å². The van der Waals surface area contributed by atoms with E-state index in [2.05, 4.69) is 29.8 Å². The molecule has 0 aliphatic heterocycles. The monoisotopic (exact) mass is 830 g/mol. The van der Waals surface area contributed by atoms with E-state index in [1.165, 1.54) is 89.9 Å². The third kappa shape index (κ3) is 21.5. The van der Waals surface area contributed by atoms with E-state index in [4.69, 9.17) is 47.2 Å². The van der Waals surface area contributed by atoms with Crippen LogP contribution in [0.3, 0.4) is 0 Å². The number of nitrogens with zero attached hydrogens (tertiary/aromatic N) is 3. The van der Waals surface area contributed by atoms with E-state index in [0.717, 1.165) is 38.5 Å². The van der Waals surface area contributed by atoms with Crippen LogP contribution in [0.5, 0.6) is 0 Å². The zero-order valence-corrected chi connectivity index (χ0v) is 39.3. The van der Waals surface area contributed by atoms with Gasteiger partial charge in [0.25, 0.3) is 0 Å². The largest absolute Gasteiger partial charge is 0.524 e. The fraction of sp³-hybridized carbons (Fsp3) is 0.927. The molecule has 0 saturated heterocycles. The van der Waals surface area contributed by atoms with Crippen molar-refractivity contribution in [3.63, 3.8) is 0 Å². The first-order valence-electron chi connectivity index (χ1n) is 22.9. The average Bonchev–Trinajstić information content (AvgIpc) is 3.18. The summed E-state index contributed by atoms with van der Waals surface area (Å²) >= 11 is 0. The Morgan fingerprint density at radius 2 is 0.714 bits per heavy atom. The fourth-order valence-corrected chi connectivity index (χ4v) is 13.0. The van der Waals surface area contributed by atoms with E-state index in [1.807, 2.05) is 41.5 Å². The maximum Gasteiger partial charge on any atom is 0.524 e. The first kappa shape index (κ1) is 52.6. The van der Waals surface area contributed by atoms with Gasteiger partial charge in [-0.2, -0.15) is 15.0 Å². The number of rotatable bonds is 41. The van der Waals surface area contributed by atoms with E-state index < -0.39 is 17.6 Å². The zero-order chi connectivity index (χ0) is 41.2. The molecular formula is C41H87N7O6Si2. The minimum absolute atomic E-state index is 0.258. The topological polar surface area (TPSA) is 156 Å². The predicted molar refractivity (Wildman–Crippen MR) is 237 cm³/mol. The van der Waals surface area contributed by atoms with Crippen LogP contribution in [0.25, 0.3) is 0 Å². The van der Waals surface area contributed by atoms with Gasteiger partial charge in [-0.25, -0.2) is 0 Å². The Morgan fingerprint density at radius 3 is 1.00 bits per heavy atom. The van der Waals surface area contributed by atoms with Gasteiger partial charge < -0.3 is 48.2 Å². The summed E-state index contributed by atoms with van der Waals surface area (Å²) < 4.78 is 38.8. The van der Waals surface area contributed by atoms with Crippen molar-refractivity contribution in [3.05, 3.63) is 0 Å². The summed E-state index contributed by atoms with van der Waals surface area (Å²) in [4.78, 5) is 14.7. The molecule has 13 nitrogen and oxygen atoms in total. The van der Waals surface area contributed by atoms with E-state index in [0.29, 0.717) is 70.6 Å². The van der Waals surface area contributed by atoms with Crippen molar-refractivity contribution in [1.29, 1.82) is 0 Å². The van der Waals surface area contributed by atoms with Crippen molar-refractivity contribution >= 4 is 35.5 Å². The number of aromatic nitrogens is 3. The van der Waals surface area contributed by atoms with Gasteiger partial charge in [0.1, 0.15) is 0 Å². The molecule has 56 heavy (non-hydrogen) atoms. The molecule has 0 spiro atoms. The van der Waals surface area contributed by atoms with Gasteiger partial charge in [0.15, 0.2) is 0 Å². The summed E-state index contributed by atoms with van der Waals surface area (Å²) in [6.45, 7) is 20.3. The van der Waals surface area contributed by atoms with Crippen LogP contribution in [0.15, 0.2) is 0 Å². The lowest BCUT2D eigenvalue weighted by Gasteiger charge is -2.36. The molecule has 1 aromatic heterocycles. The number of nitrogens with one attached hydrogen (secondary N) is 3. The Bertz CT molecular complexity index is 948. The summed E-state index contributed by atoms with van der Waals surface area (Å²) in [6.07, 6.45) is 24.0. The van der Waals surface area contributed by atoms with Gasteiger partial charge in [-0.15, -0.1) is 0 Å². The third-order valence-corrected chi connectivity index (χ3v) is 16.5. The number of hydrogen-bond acceptors (Lipinski definition) is 13. The first-order valence-corrected chi connectivity index (χ1v) is 26.5. The highest BCUT2D eigenvalue weighted by molar-refractivity contribution is 6.63. The molecule has 0 amide bonds. The third-order valence-electron chi connectivity index (χ3n) is 9.79. The van der Waals surface area contributed by atoms with Crippen LogP contribution in [0.4, 0.5) is 17.8 Å². The molecule has 1 aromatic rings. The van der Waals surface area contributed by atoms with E-state index >= 15 is 0 Å². The standard InChI is InChI=1S/C41H87N7O6Si2/c1-9-17-19-21-23-25-27-29-31-33-37(55(49-11-3,50-12-4)51-13-5)44-40-46-39(43-36-35-42)47-41(48-40)45-38(56(52-14-6,53-15-7)54-16-8)34-32-30-28-26-24-22-20-18-10-2/h37-38H,9-36,42H2,1-8H3,(H3,43,44,45,46,47,48). The van der Waals surface area contributed by atoms with Crippen LogP contribution in [0.1, 0.15) is 184 Å². The second-order valence-electron chi connectivity index (χ2n) is 14.5. The van der Waals surface area contributed by atoms with E-state index in [1.54, 1.807) is 0 Å². The molecular weight excluding hydrogens is 743 g/mol. The summed E-state index contributed by atoms with van der Waals surface area (Å²) in [6, 6.07) is 0. The minimum atomic E-state index is -3.22. The van der Waals surface area contributed by atoms with Crippen LogP contribution in [-0.4, -0.2) is 96.6 Å². The molecule has 1 rings (SSSR count). The molecule has 0 aliphatic rings. The molecule has 0 radical (unpaired) electrons. The molecule has 0 saturated carbocycles. The fourth-order valence-electron chi connectivity index (χ4n) is 7.13. The first-order chi connectivity index (χ1) is 27.4. The molecule has 330 valence electrons. The molecule has 0 bridgehead atoms. The quantitative estimate of drug-likeness (QED) is 0.0366. The molecule has 0 fully saturated rings. The average molecular weight is 830 g/mol. The van der Waals surface area contributed by atoms with Gasteiger partial charge in [-0.05, 0) is 54.4 Å². The second kappa shape index (κ2) is 34.4. The van der Waals surface area contributed by atoms with Crippen LogP contribution in [0.2, 0.25) is 0 Å². The SMILES string of the molecule is CCCCCCCCCCCC(Nc1nc(NCCN)nc(NC(CCCCCCCCCCC)[Si](OCC)(OCC)OCC)n1)[Si](OCC)(OCC)OCC. The Morgan fingerprint density at radius 1 is 0.429 bits per heavy atom. The van der Waals surface area contributed by atoms with Gasteiger partial charge in [0.05, 0.1) is 11.3 Å². The van der Waals surface area contributed by atoms with E-state index in [9.17, 15) is 0 Å². The highest BCUT2D eigenvalue weighted by Gasteiger charge is 2.51. The predicted octanol–water partition coefficient (Wildman–Crippen LogP) is 9.82. The normalized spacial score (nSPS) is 13.2. The number of anilines is 3. The summed E-state index contributed by atoms with van der Waals surface area (Å²) in [5, 5.41) is 10.6. The lowest BCUT2D eigenvalue weighted by Crippen LogP contribution is -2.60. The molecule has 2 atom stereocenters. The van der Waals surface area contributed by atoms with Crippen molar-refractivity contribution in [2.75, 3.05) is 68.7 Å². The molecule has 15 heteroatoms. The maximum absolute atomic E-state index is 6.46. The van der Waals surface area contributed by atoms with Crippen LogP contribution >= 0.6 is 0 Å². The van der Waals surface area contributed by atoms with Crippen molar-refractivity contribution in [1.82, 2.24) is 15.0 Å². The van der Waals surface area contributed by atoms with Crippen LogP contribution in [-0.2, 0) is 26.6 Å². The summed E-state index contributed by atoms with van der Waals surface area (Å²) in [5.41, 5.74) is 5.40. The van der Waals surface area contributed by atoms with Gasteiger partial charge in [0, 0.05) is 52.7 Å². The number of hydrogen-bond donors (Lipinski definition) is 4. The number of nitrogens with two attached hydrogens (primary N) is 1. The molecule has 0 aromatic carbocycles. The molecule has 5 N–H and O–H groups in total. The Kier molecular flexibility index (Phi) is 32.3. The molecule has 2 unspecified atom stereocenters.